The molecule has 1 aliphatic rings. The minimum Gasteiger partial charge on any atom is -0.361 e. The van der Waals surface area contributed by atoms with Crippen molar-refractivity contribution in [3.8, 4) is 0 Å². The average molecular weight is 434 g/mol. The molecule has 0 spiro atoms. The van der Waals surface area contributed by atoms with Gasteiger partial charge in [-0.15, -0.1) is 24.0 Å². The van der Waals surface area contributed by atoms with Crippen molar-refractivity contribution in [1.29, 1.82) is 0 Å². The normalized spacial score (nSPS) is 19.1. The smallest absolute Gasteiger partial charge is 0.194 e. The Bertz CT molecular complexity index is 543. The maximum absolute atomic E-state index is 5.21. The molecule has 1 N–H and O–H groups in total. The first-order valence-corrected chi connectivity index (χ1v) is 8.11. The van der Waals surface area contributed by atoms with Crippen LogP contribution in [0.15, 0.2) is 9.52 Å². The number of hydrogen-bond donors (Lipinski definition) is 1. The Hall–Kier alpha value is -0.790. The fraction of sp³-hybridized carbons (Fsp3) is 0.765. The molecule has 2 heterocycles. The van der Waals surface area contributed by atoms with Crippen LogP contribution < -0.4 is 5.32 Å². The number of rotatable bonds is 4. The lowest BCUT2D eigenvalue weighted by atomic mass is 9.65. The molecule has 1 aliphatic heterocycles. The van der Waals surface area contributed by atoms with Crippen molar-refractivity contribution in [1.82, 2.24) is 15.4 Å². The number of nitrogens with zero attached hydrogens (tertiary/aromatic N) is 3. The van der Waals surface area contributed by atoms with Crippen molar-refractivity contribution < 1.29 is 4.52 Å². The van der Waals surface area contributed by atoms with E-state index in [2.05, 4.69) is 48.1 Å². The molecule has 6 heteroatoms. The number of aryl methyl sites for hydroxylation is 2. The monoisotopic (exact) mass is 434 g/mol. The zero-order valence-corrected chi connectivity index (χ0v) is 17.8. The van der Waals surface area contributed by atoms with Gasteiger partial charge in [0.15, 0.2) is 5.96 Å². The molecule has 1 aromatic heterocycles. The Balaban J connectivity index is 0.00000264. The first-order valence-electron chi connectivity index (χ1n) is 8.11. The predicted molar refractivity (Wildman–Crippen MR) is 106 cm³/mol. The van der Waals surface area contributed by atoms with Gasteiger partial charge in [0.2, 0.25) is 0 Å². The van der Waals surface area contributed by atoms with Gasteiger partial charge in [0.1, 0.15) is 5.76 Å². The summed E-state index contributed by atoms with van der Waals surface area (Å²) in [5.41, 5.74) is 2.70. The zero-order valence-electron chi connectivity index (χ0n) is 15.5. The number of aliphatic imine (C=N–C) groups is 1. The van der Waals surface area contributed by atoms with Crippen LogP contribution in [-0.2, 0) is 6.42 Å². The average Bonchev–Trinajstić information content (AvgIpc) is 2.77. The number of likely N-dealkylation sites (tertiary alicyclic amines) is 1. The number of aromatic nitrogens is 1. The molecule has 1 aromatic rings. The highest BCUT2D eigenvalue weighted by atomic mass is 127. The zero-order chi connectivity index (χ0) is 16.5. The van der Waals surface area contributed by atoms with E-state index in [0.717, 1.165) is 43.3 Å². The van der Waals surface area contributed by atoms with E-state index in [9.17, 15) is 0 Å². The Morgan fingerprint density at radius 1 is 1.30 bits per heavy atom. The van der Waals surface area contributed by atoms with Gasteiger partial charge in [-0.1, -0.05) is 19.0 Å². The Kier molecular flexibility index (Phi) is 6.52. The number of halogens is 1. The van der Waals surface area contributed by atoms with E-state index in [-0.39, 0.29) is 29.5 Å². The maximum Gasteiger partial charge on any atom is 0.194 e. The third-order valence-electron chi connectivity index (χ3n) is 5.42. The standard InChI is InChI=1S/C17H30N4O.HI/c1-12-14(13(2)22-20-12)9-8-10-19-15(18-7)21-11-16(3,4)17(21,5)6;/h8-11H2,1-7H3,(H,18,19);1H. The molecular formula is C17H31IN4O. The molecular weight excluding hydrogens is 403 g/mol. The minimum absolute atomic E-state index is 0. The van der Waals surface area contributed by atoms with Gasteiger partial charge >= 0.3 is 0 Å². The highest BCUT2D eigenvalue weighted by Crippen LogP contribution is 2.46. The third-order valence-corrected chi connectivity index (χ3v) is 5.42. The molecule has 23 heavy (non-hydrogen) atoms. The van der Waals surface area contributed by atoms with Crippen molar-refractivity contribution in [2.45, 2.75) is 59.9 Å². The summed E-state index contributed by atoms with van der Waals surface area (Å²) in [4.78, 5) is 6.81. The first-order chi connectivity index (χ1) is 10.2. The van der Waals surface area contributed by atoms with E-state index in [1.54, 1.807) is 0 Å². The van der Waals surface area contributed by atoms with E-state index in [0.29, 0.717) is 5.41 Å². The Morgan fingerprint density at radius 2 is 1.96 bits per heavy atom. The summed E-state index contributed by atoms with van der Waals surface area (Å²) in [6.07, 6.45) is 2.03. The van der Waals surface area contributed by atoms with Crippen LogP contribution in [0.2, 0.25) is 0 Å². The molecule has 0 atom stereocenters. The van der Waals surface area contributed by atoms with Crippen LogP contribution in [-0.4, -0.2) is 41.7 Å². The molecule has 0 radical (unpaired) electrons. The van der Waals surface area contributed by atoms with E-state index in [1.165, 1.54) is 5.56 Å². The topological polar surface area (TPSA) is 53.7 Å². The molecule has 1 saturated heterocycles. The molecule has 0 aromatic carbocycles. The molecule has 132 valence electrons. The highest BCUT2D eigenvalue weighted by molar-refractivity contribution is 14.0. The molecule has 5 nitrogen and oxygen atoms in total. The van der Waals surface area contributed by atoms with Gasteiger partial charge in [0.05, 0.1) is 5.69 Å². The number of nitrogens with one attached hydrogen (secondary N) is 1. The summed E-state index contributed by atoms with van der Waals surface area (Å²) < 4.78 is 5.21. The summed E-state index contributed by atoms with van der Waals surface area (Å²) in [5, 5.41) is 7.50. The quantitative estimate of drug-likeness (QED) is 0.341. The summed E-state index contributed by atoms with van der Waals surface area (Å²) >= 11 is 0. The Labute approximate surface area is 157 Å². The predicted octanol–water partition coefficient (Wildman–Crippen LogP) is 3.54. The molecule has 0 aliphatic carbocycles. The largest absolute Gasteiger partial charge is 0.361 e. The van der Waals surface area contributed by atoms with Crippen LogP contribution in [0, 0.1) is 19.3 Å². The summed E-state index contributed by atoms with van der Waals surface area (Å²) in [5.74, 6) is 1.94. The van der Waals surface area contributed by atoms with Crippen LogP contribution in [0.25, 0.3) is 0 Å². The van der Waals surface area contributed by atoms with Gasteiger partial charge in [0, 0.05) is 36.7 Å². The lowest BCUT2D eigenvalue weighted by molar-refractivity contribution is -0.0667. The molecule has 0 saturated carbocycles. The van der Waals surface area contributed by atoms with Crippen LogP contribution in [0.4, 0.5) is 0 Å². The molecule has 1 fully saturated rings. The lowest BCUT2D eigenvalue weighted by Crippen LogP contribution is -2.72. The summed E-state index contributed by atoms with van der Waals surface area (Å²) in [6.45, 7) is 15.1. The fourth-order valence-corrected chi connectivity index (χ4v) is 3.02. The van der Waals surface area contributed by atoms with Crippen molar-refractivity contribution in [3.05, 3.63) is 17.0 Å². The third kappa shape index (κ3) is 3.83. The van der Waals surface area contributed by atoms with Crippen molar-refractivity contribution in [2.75, 3.05) is 20.1 Å². The SMILES string of the molecule is CN=C(NCCCc1c(C)noc1C)N1CC(C)(C)C1(C)C.I. The minimum atomic E-state index is 0. The van der Waals surface area contributed by atoms with Crippen LogP contribution in [0.3, 0.4) is 0 Å². The summed E-state index contributed by atoms with van der Waals surface area (Å²) in [6, 6.07) is 0. The van der Waals surface area contributed by atoms with Gasteiger partial charge < -0.3 is 14.7 Å². The van der Waals surface area contributed by atoms with Crippen molar-refractivity contribution in [3.63, 3.8) is 0 Å². The molecule has 0 amide bonds. The lowest BCUT2D eigenvalue weighted by Gasteiger charge is -2.62. The van der Waals surface area contributed by atoms with Gasteiger partial charge in [0.25, 0.3) is 0 Å². The second kappa shape index (κ2) is 7.40. The van der Waals surface area contributed by atoms with Crippen LogP contribution in [0.5, 0.6) is 0 Å². The first kappa shape index (κ1) is 20.3. The van der Waals surface area contributed by atoms with E-state index < -0.39 is 0 Å². The highest BCUT2D eigenvalue weighted by Gasteiger charge is 2.53. The van der Waals surface area contributed by atoms with E-state index >= 15 is 0 Å². The van der Waals surface area contributed by atoms with Crippen LogP contribution in [0.1, 0.15) is 51.1 Å². The van der Waals surface area contributed by atoms with Gasteiger partial charge in [-0.2, -0.15) is 0 Å². The van der Waals surface area contributed by atoms with Gasteiger partial charge in [-0.25, -0.2) is 0 Å². The van der Waals surface area contributed by atoms with Crippen molar-refractivity contribution >= 4 is 29.9 Å². The maximum atomic E-state index is 5.21. The van der Waals surface area contributed by atoms with E-state index in [4.69, 9.17) is 4.52 Å². The summed E-state index contributed by atoms with van der Waals surface area (Å²) in [7, 11) is 1.86. The van der Waals surface area contributed by atoms with Crippen LogP contribution >= 0.6 is 24.0 Å². The van der Waals surface area contributed by atoms with Gasteiger partial charge in [-0.05, 0) is 40.5 Å². The molecule has 2 rings (SSSR count). The second-order valence-corrected chi connectivity index (χ2v) is 7.41. The van der Waals surface area contributed by atoms with Crippen molar-refractivity contribution in [2.24, 2.45) is 10.4 Å². The molecule has 0 unspecified atom stereocenters. The number of guanidine groups is 1. The second-order valence-electron chi connectivity index (χ2n) is 7.41. The van der Waals surface area contributed by atoms with E-state index in [1.807, 2.05) is 20.9 Å². The Morgan fingerprint density at radius 3 is 2.39 bits per heavy atom. The fourth-order valence-electron chi connectivity index (χ4n) is 3.02. The number of hydrogen-bond acceptors (Lipinski definition) is 3. The molecule has 0 bridgehead atoms. The van der Waals surface area contributed by atoms with Gasteiger partial charge in [-0.3, -0.25) is 4.99 Å².